The molecule has 0 aromatic heterocycles. The number of rotatable bonds is 5. The third-order valence-corrected chi connectivity index (χ3v) is 5.57. The first-order chi connectivity index (χ1) is 11.5. The first-order valence-electron chi connectivity index (χ1n) is 9.01. The second kappa shape index (κ2) is 6.54. The molecule has 1 aromatic rings. The van der Waals surface area contributed by atoms with Gasteiger partial charge in [0.15, 0.2) is 5.76 Å². The van der Waals surface area contributed by atoms with Crippen molar-refractivity contribution in [2.75, 3.05) is 6.61 Å². The quantitative estimate of drug-likeness (QED) is 0.749. The predicted molar refractivity (Wildman–Crippen MR) is 93.8 cm³/mol. The maximum absolute atomic E-state index is 13.2. The van der Waals surface area contributed by atoms with E-state index in [-0.39, 0.29) is 17.5 Å². The molecule has 3 rings (SSSR count). The van der Waals surface area contributed by atoms with E-state index < -0.39 is 5.41 Å². The molecule has 0 unspecified atom stereocenters. The number of hydrogen-bond acceptors (Lipinski definition) is 3. The zero-order valence-corrected chi connectivity index (χ0v) is 14.9. The van der Waals surface area contributed by atoms with Gasteiger partial charge in [0.1, 0.15) is 11.2 Å². The van der Waals surface area contributed by atoms with Gasteiger partial charge in [-0.2, -0.15) is 0 Å². The summed E-state index contributed by atoms with van der Waals surface area (Å²) >= 11 is 0. The van der Waals surface area contributed by atoms with Crippen molar-refractivity contribution >= 4 is 11.6 Å². The molecule has 3 heteroatoms. The fourth-order valence-corrected chi connectivity index (χ4v) is 4.14. The highest BCUT2D eigenvalue weighted by Gasteiger charge is 2.57. The number of benzene rings is 1. The van der Waals surface area contributed by atoms with Gasteiger partial charge in [0.05, 0.1) is 6.61 Å². The Bertz CT molecular complexity index is 701. The molecule has 0 amide bonds. The lowest BCUT2D eigenvalue weighted by Crippen LogP contribution is -2.39. The zero-order valence-electron chi connectivity index (χ0n) is 14.9. The molecule has 2 atom stereocenters. The van der Waals surface area contributed by atoms with Crippen LogP contribution >= 0.6 is 0 Å². The highest BCUT2D eigenvalue weighted by Crippen LogP contribution is 2.54. The van der Waals surface area contributed by atoms with Crippen LogP contribution in [0.1, 0.15) is 63.0 Å². The summed E-state index contributed by atoms with van der Waals surface area (Å²) in [5.41, 5.74) is 2.24. The van der Waals surface area contributed by atoms with Crippen LogP contribution in [0.4, 0.5) is 0 Å². The fraction of sp³-hybridized carbons (Fsp3) is 0.524. The minimum Gasteiger partial charge on any atom is -0.490 e. The van der Waals surface area contributed by atoms with Crippen molar-refractivity contribution in [3.63, 3.8) is 0 Å². The van der Waals surface area contributed by atoms with Gasteiger partial charge in [0.2, 0.25) is 5.78 Å². The summed E-state index contributed by atoms with van der Waals surface area (Å²) in [5, 5.41) is 0. The van der Waals surface area contributed by atoms with Crippen molar-refractivity contribution < 1.29 is 14.3 Å². The standard InChI is InChI=1S/C21H26O3/c1-4-5-12-17(22)21(3)18(15-10-7-6-9-14(15)2)16-11-8-13-24-19(16)20(21)23/h6-7,9-10,18H,4-5,8,11-13H2,1-3H3/t18-,21-/m0/s1. The molecule has 0 saturated carbocycles. The maximum Gasteiger partial charge on any atom is 0.211 e. The van der Waals surface area contributed by atoms with Gasteiger partial charge in [0, 0.05) is 12.3 Å². The molecule has 0 bridgehead atoms. The van der Waals surface area contributed by atoms with Crippen LogP contribution in [0.5, 0.6) is 0 Å². The molecule has 0 fully saturated rings. The summed E-state index contributed by atoms with van der Waals surface area (Å²) in [5.74, 6) is 0.250. The van der Waals surface area contributed by atoms with Crippen LogP contribution in [0.15, 0.2) is 35.6 Å². The number of Topliss-reactive ketones (excluding diaryl/α,β-unsaturated/α-hetero) is 2. The number of ketones is 2. The Kier molecular flexibility index (Phi) is 4.62. The molecule has 2 aliphatic rings. The Labute approximate surface area is 144 Å². The lowest BCUT2D eigenvalue weighted by molar-refractivity contribution is -0.139. The summed E-state index contributed by atoms with van der Waals surface area (Å²) in [7, 11) is 0. The van der Waals surface area contributed by atoms with Crippen LogP contribution in [0.3, 0.4) is 0 Å². The number of carbonyl (C=O) groups excluding carboxylic acids is 2. The Morgan fingerprint density at radius 1 is 1.33 bits per heavy atom. The van der Waals surface area contributed by atoms with Gasteiger partial charge < -0.3 is 4.74 Å². The van der Waals surface area contributed by atoms with Gasteiger partial charge in [-0.15, -0.1) is 0 Å². The van der Waals surface area contributed by atoms with E-state index in [0.29, 0.717) is 18.8 Å². The first-order valence-corrected chi connectivity index (χ1v) is 9.01. The average molecular weight is 326 g/mol. The molecule has 3 nitrogen and oxygen atoms in total. The third kappa shape index (κ3) is 2.51. The minimum atomic E-state index is -1.02. The van der Waals surface area contributed by atoms with Crippen LogP contribution in [-0.4, -0.2) is 18.2 Å². The van der Waals surface area contributed by atoms with Gasteiger partial charge >= 0.3 is 0 Å². The largest absolute Gasteiger partial charge is 0.490 e. The monoisotopic (exact) mass is 326 g/mol. The van der Waals surface area contributed by atoms with Crippen molar-refractivity contribution in [3.8, 4) is 0 Å². The number of aryl methyl sites for hydroxylation is 1. The van der Waals surface area contributed by atoms with Crippen molar-refractivity contribution in [1.29, 1.82) is 0 Å². The molecule has 0 radical (unpaired) electrons. The van der Waals surface area contributed by atoms with Crippen LogP contribution < -0.4 is 0 Å². The van der Waals surface area contributed by atoms with Gasteiger partial charge in [0.25, 0.3) is 0 Å². The maximum atomic E-state index is 13.2. The molecule has 24 heavy (non-hydrogen) atoms. The molecular weight excluding hydrogens is 300 g/mol. The smallest absolute Gasteiger partial charge is 0.211 e. The normalized spacial score (nSPS) is 26.3. The summed E-state index contributed by atoms with van der Waals surface area (Å²) in [6, 6.07) is 8.10. The summed E-state index contributed by atoms with van der Waals surface area (Å²) in [6.07, 6.45) is 3.99. The SMILES string of the molecule is CCCCC(=O)[C@]1(C)C(=O)C2=C(CCCO2)[C@@H]1c1ccccc1C. The van der Waals surface area contributed by atoms with E-state index >= 15 is 0 Å². The number of hydrogen-bond donors (Lipinski definition) is 0. The average Bonchev–Trinajstić information content (AvgIpc) is 2.83. The Balaban J connectivity index is 2.11. The topological polar surface area (TPSA) is 43.4 Å². The molecular formula is C21H26O3. The van der Waals surface area contributed by atoms with Crippen LogP contribution in [0, 0.1) is 12.3 Å². The second-order valence-corrected chi connectivity index (χ2v) is 7.15. The number of allylic oxidation sites excluding steroid dienone is 2. The number of unbranched alkanes of at least 4 members (excludes halogenated alkanes) is 1. The minimum absolute atomic E-state index is 0.0561. The van der Waals surface area contributed by atoms with Gasteiger partial charge in [-0.05, 0) is 49.8 Å². The highest BCUT2D eigenvalue weighted by atomic mass is 16.5. The molecule has 1 aromatic carbocycles. The van der Waals surface area contributed by atoms with E-state index in [0.717, 1.165) is 42.4 Å². The Hall–Kier alpha value is -1.90. The summed E-state index contributed by atoms with van der Waals surface area (Å²) < 4.78 is 5.73. The van der Waals surface area contributed by atoms with E-state index in [2.05, 4.69) is 26.0 Å². The van der Waals surface area contributed by atoms with Crippen molar-refractivity contribution in [2.24, 2.45) is 5.41 Å². The molecule has 1 heterocycles. The molecule has 0 N–H and O–H groups in total. The van der Waals surface area contributed by atoms with E-state index in [4.69, 9.17) is 4.74 Å². The number of ether oxygens (including phenoxy) is 1. The molecule has 128 valence electrons. The summed E-state index contributed by atoms with van der Waals surface area (Å²) in [6.45, 7) is 6.53. The first kappa shape index (κ1) is 16.9. The van der Waals surface area contributed by atoms with Gasteiger partial charge in [-0.1, -0.05) is 37.6 Å². The number of carbonyl (C=O) groups is 2. The van der Waals surface area contributed by atoms with Crippen LogP contribution in [0.2, 0.25) is 0 Å². The molecule has 0 spiro atoms. The van der Waals surface area contributed by atoms with E-state index in [1.54, 1.807) is 0 Å². The zero-order chi connectivity index (χ0) is 17.3. The Morgan fingerprint density at radius 2 is 2.08 bits per heavy atom. The van der Waals surface area contributed by atoms with E-state index in [1.165, 1.54) is 0 Å². The lowest BCUT2D eigenvalue weighted by atomic mass is 9.67. The Morgan fingerprint density at radius 3 is 2.79 bits per heavy atom. The lowest BCUT2D eigenvalue weighted by Gasteiger charge is -2.31. The van der Waals surface area contributed by atoms with Crippen LogP contribution in [-0.2, 0) is 14.3 Å². The van der Waals surface area contributed by atoms with Crippen molar-refractivity contribution in [2.45, 2.75) is 58.8 Å². The van der Waals surface area contributed by atoms with E-state index in [9.17, 15) is 9.59 Å². The highest BCUT2D eigenvalue weighted by molar-refractivity contribution is 6.17. The van der Waals surface area contributed by atoms with Crippen molar-refractivity contribution in [3.05, 3.63) is 46.7 Å². The van der Waals surface area contributed by atoms with Crippen molar-refractivity contribution in [1.82, 2.24) is 0 Å². The van der Waals surface area contributed by atoms with Gasteiger partial charge in [-0.3, -0.25) is 9.59 Å². The third-order valence-electron chi connectivity index (χ3n) is 5.57. The molecule has 0 saturated heterocycles. The second-order valence-electron chi connectivity index (χ2n) is 7.15. The van der Waals surface area contributed by atoms with Crippen LogP contribution in [0.25, 0.3) is 0 Å². The van der Waals surface area contributed by atoms with Gasteiger partial charge in [-0.25, -0.2) is 0 Å². The molecule has 1 aliphatic heterocycles. The fourth-order valence-electron chi connectivity index (χ4n) is 4.14. The van der Waals surface area contributed by atoms with E-state index in [1.807, 2.05) is 19.1 Å². The predicted octanol–water partition coefficient (Wildman–Crippen LogP) is 4.49. The molecule has 1 aliphatic carbocycles. The summed E-state index contributed by atoms with van der Waals surface area (Å²) in [4.78, 5) is 26.2.